The predicted octanol–water partition coefficient (Wildman–Crippen LogP) is 2.54. The van der Waals surface area contributed by atoms with Gasteiger partial charge in [0.1, 0.15) is 12.4 Å². The van der Waals surface area contributed by atoms with E-state index in [4.69, 9.17) is 9.72 Å². The van der Waals surface area contributed by atoms with Crippen molar-refractivity contribution in [2.24, 2.45) is 7.05 Å². The lowest BCUT2D eigenvalue weighted by atomic mass is 10.1. The highest BCUT2D eigenvalue weighted by atomic mass is 16.5. The van der Waals surface area contributed by atoms with Crippen LogP contribution < -0.4 is 4.90 Å². The van der Waals surface area contributed by atoms with Gasteiger partial charge in [-0.15, -0.1) is 0 Å². The van der Waals surface area contributed by atoms with E-state index in [0.29, 0.717) is 0 Å². The van der Waals surface area contributed by atoms with Gasteiger partial charge in [-0.2, -0.15) is 0 Å². The summed E-state index contributed by atoms with van der Waals surface area (Å²) in [5.41, 5.74) is 4.40. The van der Waals surface area contributed by atoms with Crippen molar-refractivity contribution in [3.8, 4) is 11.4 Å². The number of carbonyl (C=O) groups excluding carboxylic acids is 1. The molecule has 4 rings (SSSR count). The van der Waals surface area contributed by atoms with Crippen molar-refractivity contribution < 1.29 is 9.53 Å². The molecule has 6 heteroatoms. The van der Waals surface area contributed by atoms with Crippen LogP contribution in [0.4, 0.5) is 5.69 Å². The molecule has 140 valence electrons. The zero-order valence-corrected chi connectivity index (χ0v) is 15.8. The van der Waals surface area contributed by atoms with Crippen molar-refractivity contribution in [2.45, 2.75) is 0 Å². The quantitative estimate of drug-likeness (QED) is 0.714. The minimum absolute atomic E-state index is 0.0607. The number of para-hydroxylation sites is 2. The average molecular weight is 364 g/mol. The number of amides is 1. The third-order valence-electron chi connectivity index (χ3n) is 5.16. The van der Waals surface area contributed by atoms with Crippen molar-refractivity contribution in [1.29, 1.82) is 0 Å². The summed E-state index contributed by atoms with van der Waals surface area (Å²) in [5, 5.41) is 0. The first-order chi connectivity index (χ1) is 13.2. The Kier molecular flexibility index (Phi) is 4.81. The second-order valence-electron chi connectivity index (χ2n) is 6.83. The number of fused-ring (bicyclic) bond motifs is 1. The normalized spacial score (nSPS) is 14.7. The molecule has 0 saturated carbocycles. The van der Waals surface area contributed by atoms with Gasteiger partial charge in [-0.1, -0.05) is 24.3 Å². The van der Waals surface area contributed by atoms with Crippen LogP contribution in [0.2, 0.25) is 0 Å². The number of anilines is 1. The fourth-order valence-electron chi connectivity index (χ4n) is 3.67. The van der Waals surface area contributed by atoms with Crippen LogP contribution in [0, 0.1) is 0 Å². The molecular weight excluding hydrogens is 340 g/mol. The molecule has 6 nitrogen and oxygen atoms in total. The van der Waals surface area contributed by atoms with Crippen LogP contribution in [0.1, 0.15) is 0 Å². The monoisotopic (exact) mass is 364 g/mol. The number of piperazine rings is 1. The molecule has 1 amide bonds. The first kappa shape index (κ1) is 17.5. The number of methoxy groups -OCH3 is 1. The number of hydrogen-bond acceptors (Lipinski definition) is 4. The first-order valence-electron chi connectivity index (χ1n) is 9.21. The molecule has 0 unspecified atom stereocenters. The fourth-order valence-corrected chi connectivity index (χ4v) is 3.67. The van der Waals surface area contributed by atoms with Gasteiger partial charge in [0.25, 0.3) is 0 Å². The van der Waals surface area contributed by atoms with E-state index in [-0.39, 0.29) is 12.5 Å². The fraction of sp³-hybridized carbons (Fsp3) is 0.333. The van der Waals surface area contributed by atoms with Gasteiger partial charge in [-0.3, -0.25) is 4.79 Å². The number of aromatic nitrogens is 2. The zero-order valence-electron chi connectivity index (χ0n) is 15.8. The molecule has 0 bridgehead atoms. The highest BCUT2D eigenvalue weighted by Gasteiger charge is 2.21. The van der Waals surface area contributed by atoms with Crippen LogP contribution in [0.5, 0.6) is 0 Å². The van der Waals surface area contributed by atoms with Crippen LogP contribution in [-0.2, 0) is 16.6 Å². The summed E-state index contributed by atoms with van der Waals surface area (Å²) in [4.78, 5) is 21.0. The summed E-state index contributed by atoms with van der Waals surface area (Å²) in [6.07, 6.45) is 0. The maximum Gasteiger partial charge on any atom is 0.248 e. The second kappa shape index (κ2) is 7.40. The SMILES string of the molecule is COCC(=O)N1CCN(c2cccc(-c3nc4ccccc4n3C)c2)CC1. The van der Waals surface area contributed by atoms with E-state index in [2.05, 4.69) is 46.8 Å². The minimum Gasteiger partial charge on any atom is -0.375 e. The number of hydrogen-bond donors (Lipinski definition) is 0. The molecule has 1 fully saturated rings. The van der Waals surface area contributed by atoms with Crippen molar-refractivity contribution >= 4 is 22.6 Å². The number of rotatable bonds is 4. The van der Waals surface area contributed by atoms with Crippen LogP contribution in [0.25, 0.3) is 22.4 Å². The summed E-state index contributed by atoms with van der Waals surface area (Å²) in [7, 11) is 3.61. The second-order valence-corrected chi connectivity index (χ2v) is 6.83. The Bertz CT molecular complexity index is 958. The van der Waals surface area contributed by atoms with Crippen molar-refractivity contribution in [3.63, 3.8) is 0 Å². The number of imidazole rings is 1. The van der Waals surface area contributed by atoms with Crippen LogP contribution in [0.15, 0.2) is 48.5 Å². The predicted molar refractivity (Wildman–Crippen MR) is 107 cm³/mol. The molecule has 1 aliphatic heterocycles. The van der Waals surface area contributed by atoms with Gasteiger partial charge in [0.05, 0.1) is 11.0 Å². The number of nitrogens with zero attached hydrogens (tertiary/aromatic N) is 4. The molecule has 0 atom stereocenters. The molecule has 0 aliphatic carbocycles. The number of benzene rings is 2. The van der Waals surface area contributed by atoms with Crippen molar-refractivity contribution in [2.75, 3.05) is 44.8 Å². The molecule has 1 aromatic heterocycles. The first-order valence-corrected chi connectivity index (χ1v) is 9.21. The number of ether oxygens (including phenoxy) is 1. The summed E-state index contributed by atoms with van der Waals surface area (Å²) in [5.74, 6) is 1.03. The summed E-state index contributed by atoms with van der Waals surface area (Å²) < 4.78 is 7.09. The Morgan fingerprint density at radius 1 is 1.07 bits per heavy atom. The van der Waals surface area contributed by atoms with Crippen molar-refractivity contribution in [3.05, 3.63) is 48.5 Å². The zero-order chi connectivity index (χ0) is 18.8. The Labute approximate surface area is 159 Å². The van der Waals surface area contributed by atoms with Gasteiger partial charge in [-0.25, -0.2) is 4.98 Å². The minimum atomic E-state index is 0.0607. The third kappa shape index (κ3) is 3.40. The van der Waals surface area contributed by atoms with Gasteiger partial charge >= 0.3 is 0 Å². The smallest absolute Gasteiger partial charge is 0.248 e. The highest BCUT2D eigenvalue weighted by Crippen LogP contribution is 2.27. The third-order valence-corrected chi connectivity index (χ3v) is 5.16. The maximum absolute atomic E-state index is 12.0. The summed E-state index contributed by atoms with van der Waals surface area (Å²) >= 11 is 0. The van der Waals surface area contributed by atoms with Gasteiger partial charge in [-0.05, 0) is 24.3 Å². The molecular formula is C21H24N4O2. The lowest BCUT2D eigenvalue weighted by Gasteiger charge is -2.36. The molecule has 1 saturated heterocycles. The summed E-state index contributed by atoms with van der Waals surface area (Å²) in [6.45, 7) is 3.24. The average Bonchev–Trinajstić information content (AvgIpc) is 3.05. The Morgan fingerprint density at radius 3 is 2.59 bits per heavy atom. The molecule has 2 aromatic carbocycles. The molecule has 2 heterocycles. The Hall–Kier alpha value is -2.86. The van der Waals surface area contributed by atoms with Crippen LogP contribution in [-0.4, -0.2) is 60.3 Å². The number of aryl methyl sites for hydroxylation is 1. The van der Waals surface area contributed by atoms with Gasteiger partial charge in [0, 0.05) is 51.6 Å². The van der Waals surface area contributed by atoms with E-state index in [1.807, 2.05) is 23.1 Å². The lowest BCUT2D eigenvalue weighted by Crippen LogP contribution is -2.49. The maximum atomic E-state index is 12.0. The van der Waals surface area contributed by atoms with E-state index >= 15 is 0 Å². The van der Waals surface area contributed by atoms with E-state index in [9.17, 15) is 4.79 Å². The summed E-state index contributed by atoms with van der Waals surface area (Å²) in [6, 6.07) is 16.7. The highest BCUT2D eigenvalue weighted by molar-refractivity contribution is 5.81. The molecule has 27 heavy (non-hydrogen) atoms. The molecule has 0 spiro atoms. The molecule has 0 radical (unpaired) electrons. The van der Waals surface area contributed by atoms with E-state index in [1.165, 1.54) is 5.69 Å². The largest absolute Gasteiger partial charge is 0.375 e. The Balaban J connectivity index is 1.55. The van der Waals surface area contributed by atoms with Crippen LogP contribution >= 0.6 is 0 Å². The van der Waals surface area contributed by atoms with Gasteiger partial charge in [0.15, 0.2) is 0 Å². The van der Waals surface area contributed by atoms with Crippen molar-refractivity contribution in [1.82, 2.24) is 14.5 Å². The van der Waals surface area contributed by atoms with Crippen LogP contribution in [0.3, 0.4) is 0 Å². The molecule has 1 aliphatic rings. The van der Waals surface area contributed by atoms with Gasteiger partial charge < -0.3 is 19.1 Å². The molecule has 3 aromatic rings. The van der Waals surface area contributed by atoms with Gasteiger partial charge in [0.2, 0.25) is 5.91 Å². The Morgan fingerprint density at radius 2 is 1.85 bits per heavy atom. The lowest BCUT2D eigenvalue weighted by molar-refractivity contribution is -0.135. The molecule has 0 N–H and O–H groups in total. The topological polar surface area (TPSA) is 50.6 Å². The van der Waals surface area contributed by atoms with E-state index in [0.717, 1.165) is 48.6 Å². The van der Waals surface area contributed by atoms with E-state index < -0.39 is 0 Å². The standard InChI is InChI=1S/C21H24N4O2/c1-23-19-9-4-3-8-18(19)22-21(23)16-6-5-7-17(14-16)24-10-12-25(13-11-24)20(26)15-27-2/h3-9,14H,10-13,15H2,1-2H3. The van der Waals surface area contributed by atoms with E-state index in [1.54, 1.807) is 7.11 Å². The number of carbonyl (C=O) groups is 1.